The topological polar surface area (TPSA) is 39.3 Å². The quantitative estimate of drug-likeness (QED) is 0.744. The molecule has 2 aromatic rings. The van der Waals surface area contributed by atoms with Crippen LogP contribution >= 0.6 is 0 Å². The Bertz CT molecular complexity index is 748. The third kappa shape index (κ3) is 3.55. The van der Waals surface area contributed by atoms with Gasteiger partial charge in [-0.05, 0) is 60.9 Å². The summed E-state index contributed by atoms with van der Waals surface area (Å²) in [5, 5.41) is 10.0. The summed E-state index contributed by atoms with van der Waals surface area (Å²) in [6.07, 6.45) is 7.82. The molecule has 2 saturated carbocycles. The summed E-state index contributed by atoms with van der Waals surface area (Å²) in [6, 6.07) is 4.87. The molecule has 2 aliphatic rings. The van der Waals surface area contributed by atoms with E-state index in [2.05, 4.69) is 16.8 Å². The molecule has 5 heteroatoms. The van der Waals surface area contributed by atoms with Crippen molar-refractivity contribution >= 4 is 0 Å². The van der Waals surface area contributed by atoms with E-state index in [0.717, 1.165) is 30.3 Å². The van der Waals surface area contributed by atoms with Crippen LogP contribution in [0.1, 0.15) is 60.9 Å². The van der Waals surface area contributed by atoms with Gasteiger partial charge in [-0.3, -0.25) is 4.90 Å². The van der Waals surface area contributed by atoms with E-state index < -0.39 is 17.6 Å². The molecule has 1 aromatic heterocycles. The van der Waals surface area contributed by atoms with E-state index in [9.17, 15) is 13.9 Å². The van der Waals surface area contributed by atoms with Crippen LogP contribution in [-0.4, -0.2) is 33.7 Å². The number of aliphatic hydroxyl groups excluding tert-OH is 1. The Morgan fingerprint density at radius 2 is 1.73 bits per heavy atom. The number of nitrogens with one attached hydrogen (secondary N) is 1. The molecule has 0 saturated heterocycles. The zero-order valence-corrected chi connectivity index (χ0v) is 15.1. The standard InChI is InChI=1S/C21H26F2N2O/c1-2-21-19(11-25(16-3-4-16)17-5-6-17)18(10-24-21)20(12-26)13-7-14(22)9-15(23)8-13/h7-10,16-17,20,24,26H,2-6,11-12H2,1H3. The Hall–Kier alpha value is -1.72. The minimum atomic E-state index is -0.608. The molecule has 0 spiro atoms. The molecule has 1 heterocycles. The first-order chi connectivity index (χ1) is 12.6. The van der Waals surface area contributed by atoms with Crippen LogP contribution in [0.3, 0.4) is 0 Å². The molecule has 2 N–H and O–H groups in total. The Kier molecular flexibility index (Phi) is 4.84. The number of halogens is 2. The number of H-pyrrole nitrogens is 1. The van der Waals surface area contributed by atoms with Gasteiger partial charge < -0.3 is 10.1 Å². The SMILES string of the molecule is CCc1[nH]cc(C(CO)c2cc(F)cc(F)c2)c1CN(C1CC1)C1CC1. The van der Waals surface area contributed by atoms with E-state index in [4.69, 9.17) is 0 Å². The molecule has 0 radical (unpaired) electrons. The lowest BCUT2D eigenvalue weighted by molar-refractivity contribution is 0.240. The number of aromatic nitrogens is 1. The molecule has 0 bridgehead atoms. The van der Waals surface area contributed by atoms with E-state index >= 15 is 0 Å². The second-order valence-electron chi connectivity index (χ2n) is 7.63. The molecule has 1 unspecified atom stereocenters. The predicted molar refractivity (Wildman–Crippen MR) is 97.0 cm³/mol. The average Bonchev–Trinajstić information content (AvgIpc) is 3.52. The normalized spacial score (nSPS) is 18.5. The van der Waals surface area contributed by atoms with Crippen molar-refractivity contribution in [1.29, 1.82) is 0 Å². The number of aromatic amines is 1. The first-order valence-corrected chi connectivity index (χ1v) is 9.62. The van der Waals surface area contributed by atoms with E-state index in [1.54, 1.807) is 0 Å². The molecule has 140 valence electrons. The number of hydrogen-bond acceptors (Lipinski definition) is 2. The summed E-state index contributed by atoms with van der Waals surface area (Å²) in [6.45, 7) is 2.78. The second-order valence-corrected chi connectivity index (χ2v) is 7.63. The Morgan fingerprint density at radius 3 is 2.23 bits per heavy atom. The van der Waals surface area contributed by atoms with Crippen LogP contribution < -0.4 is 0 Å². The number of aliphatic hydroxyl groups is 1. The van der Waals surface area contributed by atoms with Gasteiger partial charge in [0.05, 0.1) is 6.61 Å². The van der Waals surface area contributed by atoms with Gasteiger partial charge in [-0.2, -0.15) is 0 Å². The summed E-state index contributed by atoms with van der Waals surface area (Å²) in [5.74, 6) is -1.64. The summed E-state index contributed by atoms with van der Waals surface area (Å²) >= 11 is 0. The highest BCUT2D eigenvalue weighted by Crippen LogP contribution is 2.40. The Morgan fingerprint density at radius 1 is 1.12 bits per heavy atom. The highest BCUT2D eigenvalue weighted by molar-refractivity contribution is 5.41. The first-order valence-electron chi connectivity index (χ1n) is 9.62. The monoisotopic (exact) mass is 360 g/mol. The third-order valence-corrected chi connectivity index (χ3v) is 5.69. The minimum absolute atomic E-state index is 0.177. The van der Waals surface area contributed by atoms with Crippen molar-refractivity contribution in [3.63, 3.8) is 0 Å². The van der Waals surface area contributed by atoms with Crippen LogP contribution in [0.5, 0.6) is 0 Å². The fourth-order valence-corrected chi connectivity index (χ4v) is 4.04. The number of rotatable bonds is 8. The molecule has 1 aromatic carbocycles. The maximum Gasteiger partial charge on any atom is 0.126 e. The molecule has 2 aliphatic carbocycles. The molecular formula is C21H26F2N2O. The zero-order valence-electron chi connectivity index (χ0n) is 15.1. The molecule has 0 amide bonds. The maximum atomic E-state index is 13.7. The van der Waals surface area contributed by atoms with Gasteiger partial charge in [-0.15, -0.1) is 0 Å². The third-order valence-electron chi connectivity index (χ3n) is 5.69. The lowest BCUT2D eigenvalue weighted by Gasteiger charge is -2.24. The van der Waals surface area contributed by atoms with Gasteiger partial charge in [0.15, 0.2) is 0 Å². The summed E-state index contributed by atoms with van der Waals surface area (Å²) in [4.78, 5) is 5.93. The summed E-state index contributed by atoms with van der Waals surface area (Å²) < 4.78 is 27.4. The second kappa shape index (κ2) is 7.12. The lowest BCUT2D eigenvalue weighted by Crippen LogP contribution is -2.28. The number of hydrogen-bond donors (Lipinski definition) is 2. The number of aryl methyl sites for hydroxylation is 1. The van der Waals surface area contributed by atoms with Crippen molar-refractivity contribution in [2.45, 2.75) is 63.6 Å². The fraction of sp³-hybridized carbons (Fsp3) is 0.524. The smallest absolute Gasteiger partial charge is 0.126 e. The van der Waals surface area contributed by atoms with Crippen molar-refractivity contribution in [2.75, 3.05) is 6.61 Å². The van der Waals surface area contributed by atoms with Crippen molar-refractivity contribution in [2.24, 2.45) is 0 Å². The summed E-state index contributed by atoms with van der Waals surface area (Å²) in [5.41, 5.74) is 3.79. The van der Waals surface area contributed by atoms with Crippen LogP contribution in [0.25, 0.3) is 0 Å². The van der Waals surface area contributed by atoms with Gasteiger partial charge in [0.25, 0.3) is 0 Å². The molecule has 0 aliphatic heterocycles. The van der Waals surface area contributed by atoms with Crippen molar-refractivity contribution < 1.29 is 13.9 Å². The molecule has 4 rings (SSSR count). The molecule has 1 atom stereocenters. The molecule has 3 nitrogen and oxygen atoms in total. The van der Waals surface area contributed by atoms with Crippen molar-refractivity contribution in [1.82, 2.24) is 9.88 Å². The van der Waals surface area contributed by atoms with Crippen LogP contribution in [0.2, 0.25) is 0 Å². The fourth-order valence-electron chi connectivity index (χ4n) is 4.04. The van der Waals surface area contributed by atoms with Crippen molar-refractivity contribution in [3.8, 4) is 0 Å². The van der Waals surface area contributed by atoms with Gasteiger partial charge in [-0.25, -0.2) is 8.78 Å². The maximum absolute atomic E-state index is 13.7. The molecule has 26 heavy (non-hydrogen) atoms. The molecular weight excluding hydrogens is 334 g/mol. The number of nitrogens with zero attached hydrogens (tertiary/aromatic N) is 1. The Labute approximate surface area is 153 Å². The lowest BCUT2D eigenvalue weighted by atomic mass is 9.90. The van der Waals surface area contributed by atoms with Gasteiger partial charge in [0, 0.05) is 42.5 Å². The van der Waals surface area contributed by atoms with E-state index in [1.165, 1.54) is 43.4 Å². The van der Waals surface area contributed by atoms with E-state index in [0.29, 0.717) is 17.6 Å². The largest absolute Gasteiger partial charge is 0.395 e. The van der Waals surface area contributed by atoms with Crippen molar-refractivity contribution in [3.05, 3.63) is 58.4 Å². The minimum Gasteiger partial charge on any atom is -0.395 e. The molecule has 2 fully saturated rings. The van der Waals surface area contributed by atoms with Gasteiger partial charge in [-0.1, -0.05) is 6.92 Å². The highest BCUT2D eigenvalue weighted by Gasteiger charge is 2.39. The van der Waals surface area contributed by atoms with E-state index in [1.807, 2.05) is 6.20 Å². The number of benzene rings is 1. The van der Waals surface area contributed by atoms with Gasteiger partial charge in [0.1, 0.15) is 11.6 Å². The first kappa shape index (κ1) is 17.7. The highest BCUT2D eigenvalue weighted by atomic mass is 19.1. The van der Waals surface area contributed by atoms with Crippen LogP contribution in [-0.2, 0) is 13.0 Å². The van der Waals surface area contributed by atoms with Crippen LogP contribution in [0.15, 0.2) is 24.4 Å². The van der Waals surface area contributed by atoms with E-state index in [-0.39, 0.29) is 6.61 Å². The van der Waals surface area contributed by atoms with Crippen LogP contribution in [0, 0.1) is 11.6 Å². The van der Waals surface area contributed by atoms with Gasteiger partial charge >= 0.3 is 0 Å². The Balaban J connectivity index is 1.69. The average molecular weight is 360 g/mol. The van der Waals surface area contributed by atoms with Crippen LogP contribution in [0.4, 0.5) is 8.78 Å². The summed E-state index contributed by atoms with van der Waals surface area (Å²) in [7, 11) is 0. The zero-order chi connectivity index (χ0) is 18.3. The van der Waals surface area contributed by atoms with Gasteiger partial charge in [0.2, 0.25) is 0 Å². The predicted octanol–water partition coefficient (Wildman–Crippen LogP) is 4.11.